The summed E-state index contributed by atoms with van der Waals surface area (Å²) in [5.41, 5.74) is 3.16. The molecule has 0 saturated carbocycles. The lowest BCUT2D eigenvalue weighted by Crippen LogP contribution is -2.24. The first-order chi connectivity index (χ1) is 10.7. The zero-order valence-corrected chi connectivity index (χ0v) is 13.8. The zero-order chi connectivity index (χ0) is 15.4. The van der Waals surface area contributed by atoms with Gasteiger partial charge < -0.3 is 5.32 Å². The van der Waals surface area contributed by atoms with E-state index in [0.717, 1.165) is 21.1 Å². The minimum Gasteiger partial charge on any atom is -0.352 e. The molecule has 1 N–H and O–H groups in total. The van der Waals surface area contributed by atoms with Crippen LogP contribution in [0.4, 0.5) is 0 Å². The third-order valence-corrected chi connectivity index (χ3v) is 5.17. The van der Waals surface area contributed by atoms with Gasteiger partial charge in [0, 0.05) is 11.9 Å². The van der Waals surface area contributed by atoms with Gasteiger partial charge in [0.1, 0.15) is 5.01 Å². The van der Waals surface area contributed by atoms with E-state index in [1.54, 1.807) is 22.7 Å². The summed E-state index contributed by atoms with van der Waals surface area (Å²) in [4.78, 5) is 17.7. The number of rotatable bonds is 5. The van der Waals surface area contributed by atoms with Gasteiger partial charge in [-0.2, -0.15) is 0 Å². The van der Waals surface area contributed by atoms with Crippen LogP contribution in [0.25, 0.3) is 9.88 Å². The zero-order valence-electron chi connectivity index (χ0n) is 12.2. The largest absolute Gasteiger partial charge is 0.352 e. The molecule has 1 aromatic carbocycles. The van der Waals surface area contributed by atoms with E-state index in [9.17, 15) is 4.79 Å². The standard InChI is InChI=1S/C17H16N2OS2/c1-12-4-6-13(7-5-12)10-18-16(20)9-14-11-22-17(19-14)15-3-2-8-21-15/h2-8,11H,9-10H2,1H3,(H,18,20). The van der Waals surface area contributed by atoms with Gasteiger partial charge in [-0.3, -0.25) is 4.79 Å². The predicted molar refractivity (Wildman–Crippen MR) is 92.2 cm³/mol. The van der Waals surface area contributed by atoms with Crippen LogP contribution >= 0.6 is 22.7 Å². The van der Waals surface area contributed by atoms with E-state index in [4.69, 9.17) is 0 Å². The van der Waals surface area contributed by atoms with E-state index in [2.05, 4.69) is 29.4 Å². The van der Waals surface area contributed by atoms with Crippen molar-refractivity contribution in [2.45, 2.75) is 19.9 Å². The second-order valence-electron chi connectivity index (χ2n) is 5.06. The maximum atomic E-state index is 12.0. The van der Waals surface area contributed by atoms with Gasteiger partial charge in [-0.05, 0) is 23.9 Å². The molecule has 0 aliphatic rings. The fourth-order valence-corrected chi connectivity index (χ4v) is 3.67. The van der Waals surface area contributed by atoms with Crippen molar-refractivity contribution in [2.24, 2.45) is 0 Å². The summed E-state index contributed by atoms with van der Waals surface area (Å²) >= 11 is 3.25. The van der Waals surface area contributed by atoms with Gasteiger partial charge in [0.2, 0.25) is 5.91 Å². The molecule has 0 radical (unpaired) electrons. The third-order valence-electron chi connectivity index (χ3n) is 3.24. The molecular weight excluding hydrogens is 312 g/mol. The first-order valence-electron chi connectivity index (χ1n) is 7.01. The van der Waals surface area contributed by atoms with Gasteiger partial charge in [-0.25, -0.2) is 4.98 Å². The highest BCUT2D eigenvalue weighted by Crippen LogP contribution is 2.27. The molecule has 2 aromatic heterocycles. The molecule has 0 unspecified atom stereocenters. The average Bonchev–Trinajstić information content (AvgIpc) is 3.17. The second-order valence-corrected chi connectivity index (χ2v) is 6.87. The van der Waals surface area contributed by atoms with E-state index in [0.29, 0.717) is 13.0 Å². The molecule has 1 amide bonds. The average molecular weight is 328 g/mol. The number of amides is 1. The fourth-order valence-electron chi connectivity index (χ4n) is 2.04. The van der Waals surface area contributed by atoms with Crippen molar-refractivity contribution in [1.29, 1.82) is 0 Å². The quantitative estimate of drug-likeness (QED) is 0.768. The topological polar surface area (TPSA) is 42.0 Å². The molecule has 0 bridgehead atoms. The first kappa shape index (κ1) is 14.9. The molecule has 0 spiro atoms. The number of aromatic nitrogens is 1. The van der Waals surface area contributed by atoms with Crippen LogP contribution in [0.15, 0.2) is 47.2 Å². The van der Waals surface area contributed by atoms with E-state index in [-0.39, 0.29) is 5.91 Å². The van der Waals surface area contributed by atoms with E-state index in [1.807, 2.05) is 35.0 Å². The number of thiophene rings is 1. The van der Waals surface area contributed by atoms with Gasteiger partial charge in [-0.1, -0.05) is 35.9 Å². The number of hydrogen-bond acceptors (Lipinski definition) is 4. The Morgan fingerprint density at radius 2 is 2.00 bits per heavy atom. The van der Waals surface area contributed by atoms with Crippen molar-refractivity contribution in [3.05, 3.63) is 64.0 Å². The molecule has 0 fully saturated rings. The highest BCUT2D eigenvalue weighted by Gasteiger charge is 2.09. The lowest BCUT2D eigenvalue weighted by molar-refractivity contribution is -0.120. The molecule has 2 heterocycles. The third kappa shape index (κ3) is 3.81. The van der Waals surface area contributed by atoms with Crippen LogP contribution in [-0.4, -0.2) is 10.9 Å². The minimum atomic E-state index is 0.00334. The molecule has 3 nitrogen and oxygen atoms in total. The Bertz CT molecular complexity index is 745. The Morgan fingerprint density at radius 3 is 2.73 bits per heavy atom. The number of benzene rings is 1. The Balaban J connectivity index is 1.54. The Hall–Kier alpha value is -1.98. The van der Waals surface area contributed by atoms with Crippen LogP contribution in [0.1, 0.15) is 16.8 Å². The van der Waals surface area contributed by atoms with Crippen LogP contribution in [-0.2, 0) is 17.8 Å². The minimum absolute atomic E-state index is 0.00334. The first-order valence-corrected chi connectivity index (χ1v) is 8.77. The molecule has 0 aliphatic carbocycles. The van der Waals surface area contributed by atoms with Gasteiger partial charge in [0.15, 0.2) is 0 Å². The maximum Gasteiger partial charge on any atom is 0.226 e. The smallest absolute Gasteiger partial charge is 0.226 e. The van der Waals surface area contributed by atoms with E-state index >= 15 is 0 Å². The lowest BCUT2D eigenvalue weighted by atomic mass is 10.1. The highest BCUT2D eigenvalue weighted by molar-refractivity contribution is 7.20. The molecule has 5 heteroatoms. The second kappa shape index (κ2) is 6.85. The van der Waals surface area contributed by atoms with E-state index < -0.39 is 0 Å². The van der Waals surface area contributed by atoms with Crippen molar-refractivity contribution in [1.82, 2.24) is 10.3 Å². The Morgan fingerprint density at radius 1 is 1.18 bits per heavy atom. The molecule has 0 saturated heterocycles. The summed E-state index contributed by atoms with van der Waals surface area (Å²) in [6, 6.07) is 12.2. The normalized spacial score (nSPS) is 10.6. The number of carbonyl (C=O) groups is 1. The number of aryl methyl sites for hydroxylation is 1. The van der Waals surface area contributed by atoms with Crippen molar-refractivity contribution in [3.63, 3.8) is 0 Å². The highest BCUT2D eigenvalue weighted by atomic mass is 32.1. The fraction of sp³-hybridized carbons (Fsp3) is 0.176. The molecule has 0 aliphatic heterocycles. The van der Waals surface area contributed by atoms with Crippen molar-refractivity contribution in [2.75, 3.05) is 0 Å². The summed E-state index contributed by atoms with van der Waals surface area (Å²) in [7, 11) is 0. The molecule has 112 valence electrons. The lowest BCUT2D eigenvalue weighted by Gasteiger charge is -2.04. The van der Waals surface area contributed by atoms with Crippen molar-refractivity contribution in [3.8, 4) is 9.88 Å². The predicted octanol–water partition coefficient (Wildman–Crippen LogP) is 4.04. The van der Waals surface area contributed by atoms with E-state index in [1.165, 1.54) is 5.56 Å². The van der Waals surface area contributed by atoms with Gasteiger partial charge in [-0.15, -0.1) is 22.7 Å². The molecule has 3 rings (SSSR count). The van der Waals surface area contributed by atoms with Crippen molar-refractivity contribution < 1.29 is 4.79 Å². The maximum absolute atomic E-state index is 12.0. The number of thiazole rings is 1. The summed E-state index contributed by atoms with van der Waals surface area (Å²) in [6.45, 7) is 2.61. The number of nitrogens with one attached hydrogen (secondary N) is 1. The van der Waals surface area contributed by atoms with Crippen molar-refractivity contribution >= 4 is 28.6 Å². The number of nitrogens with zero attached hydrogens (tertiary/aromatic N) is 1. The Labute approximate surface area is 137 Å². The van der Waals surface area contributed by atoms with Gasteiger partial charge in [0.05, 0.1) is 17.0 Å². The van der Waals surface area contributed by atoms with Crippen LogP contribution in [0, 0.1) is 6.92 Å². The summed E-state index contributed by atoms with van der Waals surface area (Å²) < 4.78 is 0. The molecular formula is C17H16N2OS2. The van der Waals surface area contributed by atoms with Crippen LogP contribution in [0.5, 0.6) is 0 Å². The summed E-state index contributed by atoms with van der Waals surface area (Å²) in [5.74, 6) is 0.00334. The Kier molecular flexibility index (Phi) is 4.65. The van der Waals surface area contributed by atoms with Gasteiger partial charge in [0.25, 0.3) is 0 Å². The molecule has 22 heavy (non-hydrogen) atoms. The SMILES string of the molecule is Cc1ccc(CNC(=O)Cc2csc(-c3cccs3)n2)cc1. The van der Waals surface area contributed by atoms with Crippen LogP contribution < -0.4 is 5.32 Å². The number of carbonyl (C=O) groups excluding carboxylic acids is 1. The van der Waals surface area contributed by atoms with Crippen LogP contribution in [0.2, 0.25) is 0 Å². The molecule has 3 aromatic rings. The monoisotopic (exact) mass is 328 g/mol. The summed E-state index contributed by atoms with van der Waals surface area (Å²) in [5, 5.41) is 7.91. The summed E-state index contributed by atoms with van der Waals surface area (Å²) in [6.07, 6.45) is 0.327. The number of hydrogen-bond donors (Lipinski definition) is 1. The van der Waals surface area contributed by atoms with Gasteiger partial charge >= 0.3 is 0 Å². The molecule has 0 atom stereocenters. The van der Waals surface area contributed by atoms with Crippen LogP contribution in [0.3, 0.4) is 0 Å².